The van der Waals surface area contributed by atoms with E-state index in [4.69, 9.17) is 0 Å². The van der Waals surface area contributed by atoms with E-state index in [-0.39, 0.29) is 18.3 Å². The fourth-order valence-corrected chi connectivity index (χ4v) is 3.43. The molecule has 1 N–H and O–H groups in total. The number of halogens is 1. The van der Waals surface area contributed by atoms with Crippen molar-refractivity contribution in [2.45, 2.75) is 11.4 Å². The van der Waals surface area contributed by atoms with Gasteiger partial charge in [-0.15, -0.1) is 11.8 Å². The van der Waals surface area contributed by atoms with Gasteiger partial charge in [0.25, 0.3) is 0 Å². The van der Waals surface area contributed by atoms with E-state index >= 15 is 0 Å². The molecule has 0 spiro atoms. The molecular formula is C20H20FN3OS. The van der Waals surface area contributed by atoms with Gasteiger partial charge in [0, 0.05) is 23.0 Å². The molecule has 3 aromatic rings. The van der Waals surface area contributed by atoms with Gasteiger partial charge in [-0.3, -0.25) is 14.7 Å². The Kier molecular flexibility index (Phi) is 5.85. The number of amides is 1. The Morgan fingerprint density at radius 3 is 2.85 bits per heavy atom. The van der Waals surface area contributed by atoms with Gasteiger partial charge in [0.2, 0.25) is 5.91 Å². The summed E-state index contributed by atoms with van der Waals surface area (Å²) >= 11 is 1.58. The fraction of sp³-hybridized carbons (Fsp3) is 0.200. The first-order chi connectivity index (χ1) is 12.6. The number of nitrogens with zero attached hydrogens (tertiary/aromatic N) is 2. The number of fused-ring (bicyclic) bond motifs is 1. The van der Waals surface area contributed by atoms with Gasteiger partial charge in [-0.1, -0.05) is 18.2 Å². The van der Waals surface area contributed by atoms with Crippen molar-refractivity contribution in [3.05, 3.63) is 66.1 Å². The van der Waals surface area contributed by atoms with Crippen molar-refractivity contribution >= 4 is 34.3 Å². The number of para-hydroxylation sites is 1. The Morgan fingerprint density at radius 1 is 1.23 bits per heavy atom. The second-order valence-corrected chi connectivity index (χ2v) is 6.91. The minimum absolute atomic E-state index is 0.109. The lowest BCUT2D eigenvalue weighted by Gasteiger charge is -2.18. The van der Waals surface area contributed by atoms with E-state index < -0.39 is 0 Å². The van der Waals surface area contributed by atoms with Crippen molar-refractivity contribution in [3.8, 4) is 0 Å². The molecule has 0 atom stereocenters. The zero-order valence-electron chi connectivity index (χ0n) is 14.7. The van der Waals surface area contributed by atoms with Crippen LogP contribution in [-0.2, 0) is 11.3 Å². The molecule has 0 radical (unpaired) electrons. The van der Waals surface area contributed by atoms with E-state index in [0.29, 0.717) is 6.54 Å². The van der Waals surface area contributed by atoms with Crippen LogP contribution in [0.25, 0.3) is 10.9 Å². The number of carbonyl (C=O) groups is 1. The normalized spacial score (nSPS) is 11.1. The smallest absolute Gasteiger partial charge is 0.238 e. The summed E-state index contributed by atoms with van der Waals surface area (Å²) in [5.74, 6) is -0.407. The molecule has 0 aliphatic rings. The summed E-state index contributed by atoms with van der Waals surface area (Å²) in [6, 6.07) is 14.2. The highest BCUT2D eigenvalue weighted by molar-refractivity contribution is 7.98. The maximum Gasteiger partial charge on any atom is 0.238 e. The highest BCUT2D eigenvalue weighted by atomic mass is 32.2. The van der Waals surface area contributed by atoms with Crippen LogP contribution in [0.15, 0.2) is 59.6 Å². The van der Waals surface area contributed by atoms with Crippen LogP contribution >= 0.6 is 11.8 Å². The lowest BCUT2D eigenvalue weighted by atomic mass is 10.1. The molecule has 4 nitrogen and oxygen atoms in total. The van der Waals surface area contributed by atoms with Gasteiger partial charge in [0.15, 0.2) is 0 Å². The number of hydrogen-bond donors (Lipinski definition) is 1. The van der Waals surface area contributed by atoms with Gasteiger partial charge in [0.05, 0.1) is 17.7 Å². The molecule has 0 aliphatic carbocycles. The van der Waals surface area contributed by atoms with Gasteiger partial charge in [0.1, 0.15) is 5.82 Å². The summed E-state index contributed by atoms with van der Waals surface area (Å²) in [6.45, 7) is 0.635. The van der Waals surface area contributed by atoms with E-state index in [1.165, 1.54) is 12.1 Å². The molecular weight excluding hydrogens is 349 g/mol. The van der Waals surface area contributed by atoms with Crippen molar-refractivity contribution < 1.29 is 9.18 Å². The number of benzene rings is 2. The van der Waals surface area contributed by atoms with Crippen LogP contribution < -0.4 is 5.32 Å². The van der Waals surface area contributed by atoms with Crippen LogP contribution in [0.2, 0.25) is 0 Å². The number of likely N-dealkylation sites (N-methyl/N-ethyl adjacent to an activating group) is 1. The van der Waals surface area contributed by atoms with E-state index in [1.807, 2.05) is 48.5 Å². The molecule has 0 aliphatic heterocycles. The van der Waals surface area contributed by atoms with Crippen molar-refractivity contribution in [1.82, 2.24) is 9.88 Å². The third kappa shape index (κ3) is 4.39. The highest BCUT2D eigenvalue weighted by Crippen LogP contribution is 2.24. The maximum atomic E-state index is 13.9. The average molecular weight is 369 g/mol. The zero-order valence-corrected chi connectivity index (χ0v) is 15.5. The molecule has 0 bridgehead atoms. The Bertz CT molecular complexity index is 932. The third-order valence-corrected chi connectivity index (χ3v) is 4.78. The summed E-state index contributed by atoms with van der Waals surface area (Å²) in [7, 11) is 1.83. The van der Waals surface area contributed by atoms with Gasteiger partial charge in [-0.25, -0.2) is 4.39 Å². The first-order valence-corrected chi connectivity index (χ1v) is 9.44. The number of rotatable bonds is 6. The second kappa shape index (κ2) is 8.29. The predicted octanol–water partition coefficient (Wildman–Crippen LogP) is 4.17. The van der Waals surface area contributed by atoms with Crippen molar-refractivity contribution in [2.75, 3.05) is 25.2 Å². The average Bonchev–Trinajstić information content (AvgIpc) is 2.61. The maximum absolute atomic E-state index is 13.9. The molecule has 0 saturated carbocycles. The van der Waals surface area contributed by atoms with Gasteiger partial charge < -0.3 is 5.32 Å². The largest absolute Gasteiger partial charge is 0.324 e. The number of nitrogens with one attached hydrogen (secondary N) is 1. The summed E-state index contributed by atoms with van der Waals surface area (Å²) in [5.41, 5.74) is 2.32. The van der Waals surface area contributed by atoms with Crippen LogP contribution in [-0.4, -0.2) is 35.6 Å². The Hall–Kier alpha value is -2.44. The molecule has 134 valence electrons. The quantitative estimate of drug-likeness (QED) is 0.663. The van der Waals surface area contributed by atoms with Crippen LogP contribution in [0.5, 0.6) is 0 Å². The lowest BCUT2D eigenvalue weighted by molar-refractivity contribution is -0.117. The summed E-state index contributed by atoms with van der Waals surface area (Å²) < 4.78 is 13.9. The second-order valence-electron chi connectivity index (χ2n) is 6.06. The van der Waals surface area contributed by atoms with Crippen LogP contribution in [0.3, 0.4) is 0 Å². The van der Waals surface area contributed by atoms with Gasteiger partial charge in [-0.05, 0) is 49.2 Å². The summed E-state index contributed by atoms with van der Waals surface area (Å²) in [6.07, 6.45) is 3.66. The van der Waals surface area contributed by atoms with E-state index in [1.54, 1.807) is 24.0 Å². The Labute approximate surface area is 156 Å². The molecule has 1 amide bonds. The van der Waals surface area contributed by atoms with Crippen molar-refractivity contribution in [3.63, 3.8) is 0 Å². The summed E-state index contributed by atoms with van der Waals surface area (Å²) in [4.78, 5) is 19.6. The monoisotopic (exact) mass is 369 g/mol. The molecule has 0 fully saturated rings. The first kappa shape index (κ1) is 18.4. The molecule has 0 saturated heterocycles. The number of anilines is 1. The van der Waals surface area contributed by atoms with E-state index in [0.717, 1.165) is 27.0 Å². The van der Waals surface area contributed by atoms with Gasteiger partial charge in [-0.2, -0.15) is 0 Å². The molecule has 1 heterocycles. The fourth-order valence-electron chi connectivity index (χ4n) is 2.88. The molecule has 0 unspecified atom stereocenters. The molecule has 1 aromatic heterocycles. The number of carbonyl (C=O) groups excluding carboxylic acids is 1. The van der Waals surface area contributed by atoms with Gasteiger partial charge >= 0.3 is 0 Å². The Balaban J connectivity index is 1.69. The first-order valence-electron chi connectivity index (χ1n) is 8.21. The third-order valence-electron chi connectivity index (χ3n) is 3.98. The van der Waals surface area contributed by atoms with Crippen LogP contribution in [0, 0.1) is 5.82 Å². The predicted molar refractivity (Wildman–Crippen MR) is 105 cm³/mol. The number of thioether (sulfide) groups is 1. The number of hydrogen-bond acceptors (Lipinski definition) is 4. The lowest BCUT2D eigenvalue weighted by Crippen LogP contribution is -2.30. The van der Waals surface area contributed by atoms with E-state index in [2.05, 4.69) is 10.3 Å². The molecule has 3 rings (SSSR count). The minimum Gasteiger partial charge on any atom is -0.324 e. The van der Waals surface area contributed by atoms with Crippen molar-refractivity contribution in [1.29, 1.82) is 0 Å². The molecule has 26 heavy (non-hydrogen) atoms. The molecule has 6 heteroatoms. The van der Waals surface area contributed by atoms with E-state index in [9.17, 15) is 9.18 Å². The van der Waals surface area contributed by atoms with Crippen molar-refractivity contribution in [2.24, 2.45) is 0 Å². The number of aromatic nitrogens is 1. The SMILES string of the molecule is CSc1ccccc1NC(=O)CN(C)Cc1cc(F)cc2cccnc12. The summed E-state index contributed by atoms with van der Waals surface area (Å²) in [5, 5.41) is 3.69. The Morgan fingerprint density at radius 2 is 2.04 bits per heavy atom. The topological polar surface area (TPSA) is 45.2 Å². The number of pyridine rings is 1. The minimum atomic E-state index is -0.299. The van der Waals surface area contributed by atoms with Crippen LogP contribution in [0.1, 0.15) is 5.56 Å². The highest BCUT2D eigenvalue weighted by Gasteiger charge is 2.12. The van der Waals surface area contributed by atoms with Crippen LogP contribution in [0.4, 0.5) is 10.1 Å². The molecule has 2 aromatic carbocycles. The standard InChI is InChI=1S/C20H20FN3OS/c1-24(13-19(25)23-17-7-3-4-8-18(17)26-2)12-15-11-16(21)10-14-6-5-9-22-20(14)15/h3-11H,12-13H2,1-2H3,(H,23,25). The zero-order chi connectivity index (χ0) is 18.5.